The summed E-state index contributed by atoms with van der Waals surface area (Å²) in [4.78, 5) is 31.8. The van der Waals surface area contributed by atoms with Crippen molar-refractivity contribution in [1.82, 2.24) is 5.32 Å². The van der Waals surface area contributed by atoms with Crippen LogP contribution < -0.4 is 10.1 Å². The van der Waals surface area contributed by atoms with Gasteiger partial charge in [0.25, 0.3) is 0 Å². The number of carbonyl (C=O) groups is 2. The van der Waals surface area contributed by atoms with Crippen LogP contribution >= 0.6 is 0 Å². The number of rotatable bonds is 7. The predicted octanol–water partition coefficient (Wildman–Crippen LogP) is 1.31. The molecule has 0 aliphatic carbocycles. The van der Waals surface area contributed by atoms with Crippen LogP contribution in [0.2, 0.25) is 0 Å². The minimum absolute atomic E-state index is 0.0338. The fourth-order valence-corrected chi connectivity index (χ4v) is 1.41. The second-order valence-corrected chi connectivity index (χ2v) is 3.73. The van der Waals surface area contributed by atoms with Gasteiger partial charge in [0.2, 0.25) is 5.91 Å². The summed E-state index contributed by atoms with van der Waals surface area (Å²) in [6.07, 6.45) is 1.29. The van der Waals surface area contributed by atoms with E-state index in [0.29, 0.717) is 18.3 Å². The van der Waals surface area contributed by atoms with Crippen LogP contribution in [-0.4, -0.2) is 30.8 Å². The number of nitrogens with zero attached hydrogens (tertiary/aromatic N) is 1. The van der Waals surface area contributed by atoms with Gasteiger partial charge in [-0.1, -0.05) is 0 Å². The maximum atomic E-state index is 11.0. The Morgan fingerprint density at radius 1 is 1.53 bits per heavy atom. The van der Waals surface area contributed by atoms with Crippen molar-refractivity contribution >= 4 is 17.9 Å². The van der Waals surface area contributed by atoms with Gasteiger partial charge in [0.15, 0.2) is 5.75 Å². The van der Waals surface area contributed by atoms with E-state index >= 15 is 0 Å². The highest BCUT2D eigenvalue weighted by Gasteiger charge is 2.15. The molecule has 0 atom stereocenters. The number of ether oxygens (including phenoxy) is 1. The Kier molecular flexibility index (Phi) is 5.46. The van der Waals surface area contributed by atoms with Crippen LogP contribution in [0.5, 0.6) is 5.75 Å². The summed E-state index contributed by atoms with van der Waals surface area (Å²) in [5.41, 5.74) is 0.0949. The summed E-state index contributed by atoms with van der Waals surface area (Å²) in [5.74, 6) is -0.0914. The van der Waals surface area contributed by atoms with Gasteiger partial charge in [0.1, 0.15) is 6.29 Å². The molecule has 0 radical (unpaired) electrons. The molecule has 19 heavy (non-hydrogen) atoms. The van der Waals surface area contributed by atoms with E-state index in [1.54, 1.807) is 0 Å². The van der Waals surface area contributed by atoms with Crippen molar-refractivity contribution in [3.8, 4) is 5.75 Å². The molecule has 1 aromatic carbocycles. The predicted molar refractivity (Wildman–Crippen MR) is 67.3 cm³/mol. The van der Waals surface area contributed by atoms with Crippen LogP contribution in [0.1, 0.15) is 23.2 Å². The average Bonchev–Trinajstić information content (AvgIpc) is 2.42. The van der Waals surface area contributed by atoms with Crippen LogP contribution in [0.25, 0.3) is 0 Å². The fraction of sp³-hybridized carbons (Fsp3) is 0.333. The first-order valence-corrected chi connectivity index (χ1v) is 5.65. The van der Waals surface area contributed by atoms with Crippen molar-refractivity contribution < 1.29 is 19.2 Å². The highest BCUT2D eigenvalue weighted by Crippen LogP contribution is 2.27. The van der Waals surface area contributed by atoms with Gasteiger partial charge in [-0.05, 0) is 18.6 Å². The standard InChI is InChI=1S/C12H14N2O5/c1-13-12(16)3-2-6-19-11-7-9(8-15)4-5-10(11)14(17)18/h4-5,7-8H,2-3,6H2,1H3,(H,13,16). The van der Waals surface area contributed by atoms with E-state index in [2.05, 4.69) is 5.32 Å². The van der Waals surface area contributed by atoms with Gasteiger partial charge in [0, 0.05) is 25.1 Å². The van der Waals surface area contributed by atoms with E-state index in [1.165, 1.54) is 25.2 Å². The van der Waals surface area contributed by atoms with Gasteiger partial charge in [-0.2, -0.15) is 0 Å². The average molecular weight is 266 g/mol. The van der Waals surface area contributed by atoms with Crippen molar-refractivity contribution in [3.05, 3.63) is 33.9 Å². The lowest BCUT2D eigenvalue weighted by molar-refractivity contribution is -0.385. The summed E-state index contributed by atoms with van der Waals surface area (Å²) >= 11 is 0. The van der Waals surface area contributed by atoms with Crippen molar-refractivity contribution in [3.63, 3.8) is 0 Å². The molecule has 1 aromatic rings. The smallest absolute Gasteiger partial charge is 0.310 e. The summed E-state index contributed by atoms with van der Waals surface area (Å²) in [6.45, 7) is 0.163. The second kappa shape index (κ2) is 7.10. The Morgan fingerprint density at radius 2 is 2.26 bits per heavy atom. The van der Waals surface area contributed by atoms with Crippen molar-refractivity contribution in [1.29, 1.82) is 0 Å². The minimum atomic E-state index is -0.581. The van der Waals surface area contributed by atoms with E-state index in [1.807, 2.05) is 0 Å². The molecule has 0 unspecified atom stereocenters. The molecule has 1 amide bonds. The van der Waals surface area contributed by atoms with Gasteiger partial charge in [0.05, 0.1) is 11.5 Å². The lowest BCUT2D eigenvalue weighted by Gasteiger charge is -2.07. The quantitative estimate of drug-likeness (QED) is 0.347. The van der Waals surface area contributed by atoms with Gasteiger partial charge in [-0.15, -0.1) is 0 Å². The lowest BCUT2D eigenvalue weighted by Crippen LogP contribution is -2.18. The number of hydrogen-bond donors (Lipinski definition) is 1. The molecule has 0 bridgehead atoms. The van der Waals surface area contributed by atoms with E-state index < -0.39 is 4.92 Å². The van der Waals surface area contributed by atoms with Crippen molar-refractivity contribution in [2.75, 3.05) is 13.7 Å². The Bertz CT molecular complexity index is 487. The van der Waals surface area contributed by atoms with Gasteiger partial charge in [-0.3, -0.25) is 19.7 Å². The molecule has 102 valence electrons. The second-order valence-electron chi connectivity index (χ2n) is 3.73. The van der Waals surface area contributed by atoms with Gasteiger partial charge in [-0.25, -0.2) is 0 Å². The number of amides is 1. The highest BCUT2D eigenvalue weighted by atomic mass is 16.6. The lowest BCUT2D eigenvalue weighted by atomic mass is 10.2. The van der Waals surface area contributed by atoms with Crippen LogP contribution in [0.15, 0.2) is 18.2 Å². The normalized spacial score (nSPS) is 9.74. The summed E-state index contributed by atoms with van der Waals surface area (Å²) in [7, 11) is 1.53. The Balaban J connectivity index is 2.67. The third-order valence-corrected chi connectivity index (χ3v) is 2.40. The number of nitro benzene ring substituents is 1. The first-order valence-electron chi connectivity index (χ1n) is 5.65. The third kappa shape index (κ3) is 4.38. The van der Waals surface area contributed by atoms with Crippen molar-refractivity contribution in [2.45, 2.75) is 12.8 Å². The summed E-state index contributed by atoms with van der Waals surface area (Å²) in [6, 6.07) is 3.88. The molecule has 1 N–H and O–H groups in total. The molecule has 7 heteroatoms. The highest BCUT2D eigenvalue weighted by molar-refractivity contribution is 5.77. The van der Waals surface area contributed by atoms with Gasteiger partial charge >= 0.3 is 5.69 Å². The van der Waals surface area contributed by atoms with Crippen LogP contribution in [0.4, 0.5) is 5.69 Å². The van der Waals surface area contributed by atoms with E-state index in [0.717, 1.165) is 0 Å². The van der Waals surface area contributed by atoms with Crippen LogP contribution in [0, 0.1) is 10.1 Å². The summed E-state index contributed by atoms with van der Waals surface area (Å²) in [5, 5.41) is 13.2. The molecule has 0 aliphatic rings. The molecule has 0 fully saturated rings. The largest absolute Gasteiger partial charge is 0.487 e. The first-order chi connectivity index (χ1) is 9.08. The third-order valence-electron chi connectivity index (χ3n) is 2.40. The number of aldehydes is 1. The Hall–Kier alpha value is -2.44. The molecule has 0 aromatic heterocycles. The van der Waals surface area contributed by atoms with E-state index in [4.69, 9.17) is 4.74 Å². The number of nitro groups is 1. The maximum absolute atomic E-state index is 11.0. The Morgan fingerprint density at radius 3 is 2.84 bits per heavy atom. The number of hydrogen-bond acceptors (Lipinski definition) is 5. The SMILES string of the molecule is CNC(=O)CCCOc1cc(C=O)ccc1[N+](=O)[O-]. The fourth-order valence-electron chi connectivity index (χ4n) is 1.41. The number of benzene rings is 1. The topological polar surface area (TPSA) is 98.5 Å². The van der Waals surface area contributed by atoms with Crippen molar-refractivity contribution in [2.24, 2.45) is 0 Å². The number of carbonyl (C=O) groups excluding carboxylic acids is 2. The summed E-state index contributed by atoms with van der Waals surface area (Å²) < 4.78 is 5.26. The first kappa shape index (κ1) is 14.6. The molecule has 0 saturated carbocycles. The van der Waals surface area contributed by atoms with Crippen LogP contribution in [0.3, 0.4) is 0 Å². The molecule has 0 saturated heterocycles. The number of nitrogens with one attached hydrogen (secondary N) is 1. The molecular weight excluding hydrogens is 252 g/mol. The zero-order valence-electron chi connectivity index (χ0n) is 10.4. The molecule has 0 heterocycles. The molecule has 0 aliphatic heterocycles. The molecule has 0 spiro atoms. The molecule has 7 nitrogen and oxygen atoms in total. The molecule has 1 rings (SSSR count). The Labute approximate surface area is 109 Å². The monoisotopic (exact) mass is 266 g/mol. The van der Waals surface area contributed by atoms with E-state index in [-0.39, 0.29) is 30.4 Å². The van der Waals surface area contributed by atoms with Gasteiger partial charge < -0.3 is 10.1 Å². The zero-order chi connectivity index (χ0) is 14.3. The van der Waals surface area contributed by atoms with Crippen LogP contribution in [-0.2, 0) is 4.79 Å². The zero-order valence-corrected chi connectivity index (χ0v) is 10.4. The maximum Gasteiger partial charge on any atom is 0.310 e. The van der Waals surface area contributed by atoms with E-state index in [9.17, 15) is 19.7 Å². The molecular formula is C12H14N2O5. The minimum Gasteiger partial charge on any atom is -0.487 e.